The molecule has 0 unspecified atom stereocenters. The maximum atomic E-state index is 11.9. The molecule has 1 N–H and O–H groups in total. The van der Waals surface area contributed by atoms with Gasteiger partial charge in [-0.2, -0.15) is 0 Å². The Labute approximate surface area is 139 Å². The highest BCUT2D eigenvalue weighted by molar-refractivity contribution is 6.31. The number of carbonyl (C=O) groups is 1. The number of pyridine rings is 1. The van der Waals surface area contributed by atoms with Crippen molar-refractivity contribution in [1.29, 1.82) is 0 Å². The second-order valence-electron chi connectivity index (χ2n) is 5.11. The minimum absolute atomic E-state index is 0.151. The van der Waals surface area contributed by atoms with Crippen LogP contribution in [-0.2, 0) is 11.3 Å². The van der Waals surface area contributed by atoms with Gasteiger partial charge in [0.25, 0.3) is 0 Å². The Hall–Kier alpha value is -2.65. The standard InChI is InChI=1S/C19H15ClN2O/c20-16-8-6-15-7-9-17(22-18(15)12-16)10-11-19(23)21-13-14-4-2-1-3-5-14/h1-12H,13H2,(H,21,23). The van der Waals surface area contributed by atoms with Gasteiger partial charge in [-0.05, 0) is 29.8 Å². The highest BCUT2D eigenvalue weighted by Gasteiger charge is 1.99. The molecular formula is C19H15ClN2O. The monoisotopic (exact) mass is 322 g/mol. The molecule has 0 atom stereocenters. The van der Waals surface area contributed by atoms with E-state index in [1.807, 2.05) is 60.7 Å². The van der Waals surface area contributed by atoms with Gasteiger partial charge in [0.1, 0.15) is 0 Å². The van der Waals surface area contributed by atoms with Crippen LogP contribution in [-0.4, -0.2) is 10.9 Å². The molecule has 0 radical (unpaired) electrons. The molecule has 114 valence electrons. The molecule has 4 heteroatoms. The summed E-state index contributed by atoms with van der Waals surface area (Å²) in [7, 11) is 0. The number of hydrogen-bond donors (Lipinski definition) is 1. The number of nitrogens with zero attached hydrogens (tertiary/aromatic N) is 1. The fourth-order valence-corrected chi connectivity index (χ4v) is 2.37. The summed E-state index contributed by atoms with van der Waals surface area (Å²) in [5, 5.41) is 4.50. The highest BCUT2D eigenvalue weighted by Crippen LogP contribution is 2.18. The van der Waals surface area contributed by atoms with Crippen LogP contribution < -0.4 is 5.32 Å². The van der Waals surface area contributed by atoms with Crippen molar-refractivity contribution in [2.24, 2.45) is 0 Å². The molecule has 1 aromatic heterocycles. The predicted molar refractivity (Wildman–Crippen MR) is 94.1 cm³/mol. The Kier molecular flexibility index (Phi) is 4.69. The van der Waals surface area contributed by atoms with Crippen LogP contribution in [0.25, 0.3) is 17.0 Å². The molecule has 0 aliphatic heterocycles. The number of carbonyl (C=O) groups excluding carboxylic acids is 1. The summed E-state index contributed by atoms with van der Waals surface area (Å²) in [5.74, 6) is -0.151. The van der Waals surface area contributed by atoms with Gasteiger partial charge in [0.05, 0.1) is 11.2 Å². The van der Waals surface area contributed by atoms with Gasteiger partial charge in [-0.15, -0.1) is 0 Å². The zero-order chi connectivity index (χ0) is 16.1. The number of nitrogens with one attached hydrogen (secondary N) is 1. The number of benzene rings is 2. The lowest BCUT2D eigenvalue weighted by atomic mass is 10.2. The SMILES string of the molecule is O=C(C=Cc1ccc2ccc(Cl)cc2n1)NCc1ccccc1. The van der Waals surface area contributed by atoms with E-state index >= 15 is 0 Å². The van der Waals surface area contributed by atoms with Gasteiger partial charge < -0.3 is 5.32 Å². The molecule has 0 aliphatic rings. The van der Waals surface area contributed by atoms with Crippen LogP contribution in [0.3, 0.4) is 0 Å². The van der Waals surface area contributed by atoms with Gasteiger partial charge >= 0.3 is 0 Å². The maximum Gasteiger partial charge on any atom is 0.244 e. The Morgan fingerprint density at radius 1 is 1.09 bits per heavy atom. The third kappa shape index (κ3) is 4.18. The summed E-state index contributed by atoms with van der Waals surface area (Å²) in [6, 6.07) is 19.2. The molecule has 2 aromatic carbocycles. The summed E-state index contributed by atoms with van der Waals surface area (Å²) >= 11 is 5.98. The fraction of sp³-hybridized carbons (Fsp3) is 0.0526. The smallest absolute Gasteiger partial charge is 0.244 e. The van der Waals surface area contributed by atoms with Gasteiger partial charge in [-0.3, -0.25) is 4.79 Å². The second kappa shape index (κ2) is 7.07. The topological polar surface area (TPSA) is 42.0 Å². The van der Waals surface area contributed by atoms with Crippen molar-refractivity contribution < 1.29 is 4.79 Å². The van der Waals surface area contributed by atoms with Crippen LogP contribution in [0.4, 0.5) is 0 Å². The van der Waals surface area contributed by atoms with E-state index in [1.165, 1.54) is 6.08 Å². The van der Waals surface area contributed by atoms with Crippen molar-refractivity contribution in [2.45, 2.75) is 6.54 Å². The zero-order valence-electron chi connectivity index (χ0n) is 12.4. The van der Waals surface area contributed by atoms with Gasteiger partial charge in [-0.25, -0.2) is 4.98 Å². The molecule has 1 amide bonds. The lowest BCUT2D eigenvalue weighted by molar-refractivity contribution is -0.116. The lowest BCUT2D eigenvalue weighted by Gasteiger charge is -2.02. The van der Waals surface area contributed by atoms with E-state index in [2.05, 4.69) is 10.3 Å². The van der Waals surface area contributed by atoms with E-state index in [0.717, 1.165) is 22.2 Å². The number of amides is 1. The Bertz CT molecular complexity index is 860. The number of rotatable bonds is 4. The van der Waals surface area contributed by atoms with Crippen molar-refractivity contribution in [2.75, 3.05) is 0 Å². The van der Waals surface area contributed by atoms with Gasteiger partial charge in [-0.1, -0.05) is 54.1 Å². The van der Waals surface area contributed by atoms with Crippen LogP contribution >= 0.6 is 11.6 Å². The van der Waals surface area contributed by atoms with Crippen molar-refractivity contribution in [3.63, 3.8) is 0 Å². The minimum atomic E-state index is -0.151. The molecule has 0 saturated carbocycles. The molecule has 3 rings (SSSR count). The Balaban J connectivity index is 1.66. The van der Waals surface area contributed by atoms with E-state index in [0.29, 0.717) is 11.6 Å². The van der Waals surface area contributed by atoms with Crippen LogP contribution in [0.1, 0.15) is 11.3 Å². The minimum Gasteiger partial charge on any atom is -0.348 e. The molecule has 0 fully saturated rings. The summed E-state index contributed by atoms with van der Waals surface area (Å²) in [6.45, 7) is 0.505. The molecule has 1 heterocycles. The third-order valence-corrected chi connectivity index (χ3v) is 3.63. The quantitative estimate of drug-likeness (QED) is 0.731. The summed E-state index contributed by atoms with van der Waals surface area (Å²) in [5.41, 5.74) is 2.59. The first-order valence-corrected chi connectivity index (χ1v) is 7.65. The molecule has 0 aliphatic carbocycles. The highest BCUT2D eigenvalue weighted by atomic mass is 35.5. The van der Waals surface area contributed by atoms with E-state index < -0.39 is 0 Å². The predicted octanol–water partition coefficient (Wildman–Crippen LogP) is 4.22. The van der Waals surface area contributed by atoms with Gasteiger partial charge in [0, 0.05) is 23.0 Å². The Morgan fingerprint density at radius 2 is 1.87 bits per heavy atom. The summed E-state index contributed by atoms with van der Waals surface area (Å²) < 4.78 is 0. The fourth-order valence-electron chi connectivity index (χ4n) is 2.20. The Morgan fingerprint density at radius 3 is 2.70 bits per heavy atom. The van der Waals surface area contributed by atoms with Crippen LogP contribution in [0.2, 0.25) is 5.02 Å². The average molecular weight is 323 g/mol. The normalized spacial score (nSPS) is 11.0. The zero-order valence-corrected chi connectivity index (χ0v) is 13.1. The van der Waals surface area contributed by atoms with Crippen molar-refractivity contribution in [3.05, 3.63) is 83.0 Å². The number of hydrogen-bond acceptors (Lipinski definition) is 2. The van der Waals surface area contributed by atoms with Crippen molar-refractivity contribution in [3.8, 4) is 0 Å². The average Bonchev–Trinajstić information content (AvgIpc) is 2.58. The molecular weight excluding hydrogens is 308 g/mol. The number of fused-ring (bicyclic) bond motifs is 1. The van der Waals surface area contributed by atoms with Crippen LogP contribution in [0, 0.1) is 0 Å². The van der Waals surface area contributed by atoms with Gasteiger partial charge in [0.15, 0.2) is 0 Å². The second-order valence-corrected chi connectivity index (χ2v) is 5.55. The molecule has 0 bridgehead atoms. The lowest BCUT2D eigenvalue weighted by Crippen LogP contribution is -2.20. The van der Waals surface area contributed by atoms with Crippen LogP contribution in [0.5, 0.6) is 0 Å². The summed E-state index contributed by atoms with van der Waals surface area (Å²) in [6.07, 6.45) is 3.18. The van der Waals surface area contributed by atoms with Crippen molar-refractivity contribution in [1.82, 2.24) is 10.3 Å². The summed E-state index contributed by atoms with van der Waals surface area (Å²) in [4.78, 5) is 16.3. The van der Waals surface area contributed by atoms with E-state index in [4.69, 9.17) is 11.6 Å². The number of halogens is 1. The molecule has 0 spiro atoms. The van der Waals surface area contributed by atoms with E-state index in [9.17, 15) is 4.79 Å². The number of aromatic nitrogens is 1. The molecule has 23 heavy (non-hydrogen) atoms. The largest absolute Gasteiger partial charge is 0.348 e. The maximum absolute atomic E-state index is 11.9. The van der Waals surface area contributed by atoms with E-state index in [-0.39, 0.29) is 5.91 Å². The first-order chi connectivity index (χ1) is 11.2. The first kappa shape index (κ1) is 15.3. The van der Waals surface area contributed by atoms with Crippen LogP contribution in [0.15, 0.2) is 66.7 Å². The molecule has 0 saturated heterocycles. The first-order valence-electron chi connectivity index (χ1n) is 7.27. The van der Waals surface area contributed by atoms with Crippen molar-refractivity contribution >= 4 is 34.5 Å². The third-order valence-electron chi connectivity index (χ3n) is 3.39. The van der Waals surface area contributed by atoms with E-state index in [1.54, 1.807) is 6.08 Å². The molecule has 3 nitrogen and oxygen atoms in total. The van der Waals surface area contributed by atoms with Gasteiger partial charge in [0.2, 0.25) is 5.91 Å². The molecule has 3 aromatic rings.